The van der Waals surface area contributed by atoms with Crippen molar-refractivity contribution in [1.82, 2.24) is 0 Å². The molecule has 0 saturated heterocycles. The van der Waals surface area contributed by atoms with Gasteiger partial charge >= 0.3 is 17.9 Å². The van der Waals surface area contributed by atoms with Crippen molar-refractivity contribution in [2.45, 2.75) is 322 Å². The fourth-order valence-corrected chi connectivity index (χ4v) is 8.55. The van der Waals surface area contributed by atoms with E-state index >= 15 is 0 Å². The van der Waals surface area contributed by atoms with E-state index in [9.17, 15) is 14.4 Å². The predicted molar refractivity (Wildman–Crippen MR) is 279 cm³/mol. The summed E-state index contributed by atoms with van der Waals surface area (Å²) in [6.07, 6.45) is 63.4. The molecule has 0 N–H and O–H groups in total. The second-order valence-electron chi connectivity index (χ2n) is 19.6. The van der Waals surface area contributed by atoms with Crippen LogP contribution >= 0.6 is 0 Å². The summed E-state index contributed by atoms with van der Waals surface area (Å²) in [5.74, 6) is -0.880. The molecule has 0 spiro atoms. The number of hydrogen-bond donors (Lipinski definition) is 0. The van der Waals surface area contributed by atoms with Gasteiger partial charge in [-0.1, -0.05) is 263 Å². The molecule has 0 bridgehead atoms. The monoisotopic (exact) mass is 915 g/mol. The van der Waals surface area contributed by atoms with Crippen molar-refractivity contribution in [3.05, 3.63) is 24.3 Å². The average molecular weight is 916 g/mol. The molecule has 0 fully saturated rings. The maximum absolute atomic E-state index is 12.8. The Morgan fingerprint density at radius 3 is 0.877 bits per heavy atom. The Morgan fingerprint density at radius 1 is 0.292 bits per heavy atom. The summed E-state index contributed by atoms with van der Waals surface area (Å²) in [6, 6.07) is 0. The SMILES string of the molecule is CCC/C=C\CCCCCCCC(=O)OCC(COC(=O)CCCCCCCCCCCCCCCCCCCCCCCCCCCC)OC(=O)CCCCCCC/C=C\CCCC. The smallest absolute Gasteiger partial charge is 0.306 e. The topological polar surface area (TPSA) is 78.9 Å². The Balaban J connectivity index is 4.08. The number of rotatable bonds is 53. The van der Waals surface area contributed by atoms with Crippen LogP contribution in [0.5, 0.6) is 0 Å². The van der Waals surface area contributed by atoms with Crippen molar-refractivity contribution in [1.29, 1.82) is 0 Å². The lowest BCUT2D eigenvalue weighted by Gasteiger charge is -2.18. The maximum Gasteiger partial charge on any atom is 0.306 e. The molecule has 0 aromatic heterocycles. The van der Waals surface area contributed by atoms with Gasteiger partial charge in [0.15, 0.2) is 6.10 Å². The molecule has 65 heavy (non-hydrogen) atoms. The van der Waals surface area contributed by atoms with E-state index in [4.69, 9.17) is 14.2 Å². The van der Waals surface area contributed by atoms with Gasteiger partial charge in [0, 0.05) is 19.3 Å². The molecule has 0 aromatic rings. The van der Waals surface area contributed by atoms with Crippen molar-refractivity contribution in [3.63, 3.8) is 0 Å². The highest BCUT2D eigenvalue weighted by atomic mass is 16.6. The van der Waals surface area contributed by atoms with E-state index in [1.54, 1.807) is 0 Å². The number of hydrogen-bond acceptors (Lipinski definition) is 6. The van der Waals surface area contributed by atoms with E-state index in [2.05, 4.69) is 45.1 Å². The summed E-state index contributed by atoms with van der Waals surface area (Å²) >= 11 is 0. The number of carbonyl (C=O) groups excluding carboxylic acids is 3. The molecule has 0 aliphatic rings. The summed E-state index contributed by atoms with van der Waals surface area (Å²) < 4.78 is 16.8. The van der Waals surface area contributed by atoms with Gasteiger partial charge in [-0.05, 0) is 57.8 Å². The lowest BCUT2D eigenvalue weighted by atomic mass is 10.0. The standard InChI is InChI=1S/C59H110O6/c1-4-7-10-13-16-19-22-23-24-25-26-27-28-29-30-31-32-33-34-35-36-38-40-43-46-49-52-58(61)64-55-56(54-63-57(60)51-48-45-42-39-21-18-15-12-9-6-3)65-59(62)53-50-47-44-41-37-20-17-14-11-8-5-2/h12,14-15,17,56H,4-11,13,16,18-55H2,1-3H3/b15-12-,17-14-. The van der Waals surface area contributed by atoms with Crippen molar-refractivity contribution >= 4 is 17.9 Å². The molecule has 382 valence electrons. The van der Waals surface area contributed by atoms with Crippen LogP contribution in [-0.4, -0.2) is 37.2 Å². The minimum atomic E-state index is -0.774. The zero-order valence-corrected chi connectivity index (χ0v) is 43.8. The number of ether oxygens (including phenoxy) is 3. The van der Waals surface area contributed by atoms with Crippen LogP contribution in [0.2, 0.25) is 0 Å². The van der Waals surface area contributed by atoms with Crippen LogP contribution in [-0.2, 0) is 28.6 Å². The van der Waals surface area contributed by atoms with Crippen molar-refractivity contribution in [2.75, 3.05) is 13.2 Å². The van der Waals surface area contributed by atoms with Crippen LogP contribution in [0.15, 0.2) is 24.3 Å². The molecule has 6 nitrogen and oxygen atoms in total. The first-order valence-corrected chi connectivity index (χ1v) is 28.8. The number of allylic oxidation sites excluding steroid dienone is 4. The van der Waals surface area contributed by atoms with Gasteiger partial charge < -0.3 is 14.2 Å². The molecule has 0 amide bonds. The Hall–Kier alpha value is -2.11. The van der Waals surface area contributed by atoms with E-state index in [1.165, 1.54) is 193 Å². The summed E-state index contributed by atoms with van der Waals surface area (Å²) in [5, 5.41) is 0. The summed E-state index contributed by atoms with van der Waals surface area (Å²) in [7, 11) is 0. The molecule has 0 rings (SSSR count). The number of unbranched alkanes of at least 4 members (excludes halogenated alkanes) is 38. The molecule has 1 atom stereocenters. The van der Waals surface area contributed by atoms with E-state index < -0.39 is 6.10 Å². The maximum atomic E-state index is 12.8. The van der Waals surface area contributed by atoms with Gasteiger partial charge in [-0.2, -0.15) is 0 Å². The summed E-state index contributed by atoms with van der Waals surface area (Å²) in [4.78, 5) is 37.9. The predicted octanol–water partition coefficient (Wildman–Crippen LogP) is 19.1. The lowest BCUT2D eigenvalue weighted by molar-refractivity contribution is -0.167. The molecule has 6 heteroatoms. The van der Waals surface area contributed by atoms with Gasteiger partial charge in [0.25, 0.3) is 0 Å². The first kappa shape index (κ1) is 62.9. The van der Waals surface area contributed by atoms with Gasteiger partial charge in [0.05, 0.1) is 0 Å². The van der Waals surface area contributed by atoms with E-state index in [1.807, 2.05) is 0 Å². The van der Waals surface area contributed by atoms with E-state index in [0.29, 0.717) is 19.3 Å². The van der Waals surface area contributed by atoms with Crippen LogP contribution in [0.3, 0.4) is 0 Å². The molecular formula is C59H110O6. The largest absolute Gasteiger partial charge is 0.462 e. The van der Waals surface area contributed by atoms with Crippen LogP contribution in [0, 0.1) is 0 Å². The third-order valence-electron chi connectivity index (χ3n) is 12.9. The first-order valence-electron chi connectivity index (χ1n) is 28.8. The number of esters is 3. The minimum absolute atomic E-state index is 0.0736. The minimum Gasteiger partial charge on any atom is -0.462 e. The van der Waals surface area contributed by atoms with Crippen molar-refractivity contribution in [3.8, 4) is 0 Å². The van der Waals surface area contributed by atoms with Crippen LogP contribution in [0.1, 0.15) is 316 Å². The zero-order valence-electron chi connectivity index (χ0n) is 43.8. The Morgan fingerprint density at radius 2 is 0.554 bits per heavy atom. The molecular weight excluding hydrogens is 805 g/mol. The zero-order chi connectivity index (χ0) is 47.2. The third kappa shape index (κ3) is 52.7. The Labute approximate surface area is 404 Å². The molecule has 0 heterocycles. The van der Waals surface area contributed by atoms with Gasteiger partial charge in [-0.15, -0.1) is 0 Å². The Kier molecular flexibility index (Phi) is 52.7. The average Bonchev–Trinajstić information content (AvgIpc) is 3.30. The van der Waals surface area contributed by atoms with E-state index in [-0.39, 0.29) is 31.1 Å². The molecule has 0 aromatic carbocycles. The fraction of sp³-hybridized carbons (Fsp3) is 0.881. The van der Waals surface area contributed by atoms with Gasteiger partial charge in [-0.25, -0.2) is 0 Å². The molecule has 0 radical (unpaired) electrons. The molecule has 1 unspecified atom stereocenters. The lowest BCUT2D eigenvalue weighted by Crippen LogP contribution is -2.30. The quantitative estimate of drug-likeness (QED) is 0.0262. The second kappa shape index (κ2) is 54.5. The van der Waals surface area contributed by atoms with Crippen LogP contribution in [0.25, 0.3) is 0 Å². The first-order chi connectivity index (χ1) is 32.0. The number of carbonyl (C=O) groups is 3. The molecule has 0 aliphatic heterocycles. The highest BCUT2D eigenvalue weighted by Gasteiger charge is 2.19. The second-order valence-corrected chi connectivity index (χ2v) is 19.6. The fourth-order valence-electron chi connectivity index (χ4n) is 8.55. The summed E-state index contributed by atoms with van der Waals surface area (Å²) in [6.45, 7) is 6.56. The van der Waals surface area contributed by atoms with Gasteiger partial charge in [0.1, 0.15) is 13.2 Å². The van der Waals surface area contributed by atoms with Gasteiger partial charge in [-0.3, -0.25) is 14.4 Å². The van der Waals surface area contributed by atoms with E-state index in [0.717, 1.165) is 83.5 Å². The van der Waals surface area contributed by atoms with Crippen molar-refractivity contribution < 1.29 is 28.6 Å². The molecule has 0 saturated carbocycles. The normalized spacial score (nSPS) is 12.1. The van der Waals surface area contributed by atoms with Crippen LogP contribution in [0.4, 0.5) is 0 Å². The Bertz CT molecular complexity index is 1050. The van der Waals surface area contributed by atoms with Gasteiger partial charge in [0.2, 0.25) is 0 Å². The highest BCUT2D eigenvalue weighted by molar-refractivity contribution is 5.71. The summed E-state index contributed by atoms with van der Waals surface area (Å²) in [5.41, 5.74) is 0. The highest BCUT2D eigenvalue weighted by Crippen LogP contribution is 2.17. The third-order valence-corrected chi connectivity index (χ3v) is 12.9. The van der Waals surface area contributed by atoms with Crippen molar-refractivity contribution in [2.24, 2.45) is 0 Å². The molecule has 0 aliphatic carbocycles. The van der Waals surface area contributed by atoms with Crippen LogP contribution < -0.4 is 0 Å².